The summed E-state index contributed by atoms with van der Waals surface area (Å²) >= 11 is 0. The molecule has 0 aromatic heterocycles. The summed E-state index contributed by atoms with van der Waals surface area (Å²) < 4.78 is 37.6. The zero-order valence-corrected chi connectivity index (χ0v) is 13.3. The molecule has 2 fully saturated rings. The maximum absolute atomic E-state index is 13.6. The highest BCUT2D eigenvalue weighted by molar-refractivity contribution is 5.89. The monoisotopic (exact) mass is 326 g/mol. The summed E-state index contributed by atoms with van der Waals surface area (Å²) in [5.41, 5.74) is -0.121. The van der Waals surface area contributed by atoms with Crippen LogP contribution in [0, 0.1) is 23.0 Å². The van der Waals surface area contributed by atoms with Gasteiger partial charge < -0.3 is 20.1 Å². The fraction of sp³-hybridized carbons (Fsp3) is 0.562. The van der Waals surface area contributed by atoms with Crippen molar-refractivity contribution in [1.82, 2.24) is 5.32 Å². The minimum absolute atomic E-state index is 0.0251. The number of methoxy groups -OCH3 is 1. The molecule has 3 atom stereocenters. The molecule has 1 aromatic rings. The quantitative estimate of drug-likeness (QED) is 0.898. The second-order valence-corrected chi connectivity index (χ2v) is 6.61. The summed E-state index contributed by atoms with van der Waals surface area (Å²) in [5.74, 6) is -1.91. The molecular weight excluding hydrogens is 306 g/mol. The smallest absolute Gasteiger partial charge is 0.319 e. The number of halogens is 2. The second-order valence-electron chi connectivity index (χ2n) is 6.61. The van der Waals surface area contributed by atoms with Gasteiger partial charge in [0, 0.05) is 41.8 Å². The minimum atomic E-state index is -0.865. The molecule has 1 aromatic carbocycles. The summed E-state index contributed by atoms with van der Waals surface area (Å²) in [5, 5.41) is 5.35. The van der Waals surface area contributed by atoms with Gasteiger partial charge in [0.1, 0.15) is 0 Å². The molecule has 2 N–H and O–H groups in total. The van der Waals surface area contributed by atoms with Crippen LogP contribution >= 0.6 is 0 Å². The number of hydrogen-bond acceptors (Lipinski definition) is 3. The van der Waals surface area contributed by atoms with Crippen molar-refractivity contribution in [2.45, 2.75) is 32.4 Å². The molecule has 23 heavy (non-hydrogen) atoms. The van der Waals surface area contributed by atoms with Gasteiger partial charge in [0.2, 0.25) is 0 Å². The fourth-order valence-corrected chi connectivity index (χ4v) is 3.75. The zero-order valence-electron chi connectivity index (χ0n) is 13.3. The topological polar surface area (TPSA) is 59.6 Å². The highest BCUT2D eigenvalue weighted by atomic mass is 19.1. The molecule has 7 heteroatoms. The van der Waals surface area contributed by atoms with E-state index < -0.39 is 23.4 Å². The molecule has 1 saturated heterocycles. The third-order valence-electron chi connectivity index (χ3n) is 4.85. The van der Waals surface area contributed by atoms with Crippen LogP contribution in [0.4, 0.5) is 19.3 Å². The Morgan fingerprint density at radius 1 is 1.35 bits per heavy atom. The van der Waals surface area contributed by atoms with E-state index in [0.29, 0.717) is 12.5 Å². The Balaban J connectivity index is 1.66. The number of carbonyl (C=O) groups excluding carboxylic acids is 1. The summed E-state index contributed by atoms with van der Waals surface area (Å²) in [6, 6.07) is 1.53. The van der Waals surface area contributed by atoms with E-state index in [1.54, 1.807) is 0 Å². The normalized spacial score (nSPS) is 27.8. The summed E-state index contributed by atoms with van der Waals surface area (Å²) in [6.45, 7) is 4.78. The van der Waals surface area contributed by atoms with Crippen LogP contribution in [-0.4, -0.2) is 31.9 Å². The van der Waals surface area contributed by atoms with Gasteiger partial charge in [0.25, 0.3) is 0 Å². The van der Waals surface area contributed by atoms with Gasteiger partial charge in [-0.25, -0.2) is 13.6 Å². The van der Waals surface area contributed by atoms with E-state index in [-0.39, 0.29) is 23.2 Å². The van der Waals surface area contributed by atoms with E-state index in [1.165, 1.54) is 7.11 Å². The first-order valence-electron chi connectivity index (χ1n) is 7.56. The van der Waals surface area contributed by atoms with Crippen molar-refractivity contribution in [3.63, 3.8) is 0 Å². The Bertz CT molecular complexity index is 613. The Hall–Kier alpha value is -1.89. The minimum Gasteiger partial charge on any atom is -0.491 e. The van der Waals surface area contributed by atoms with E-state index >= 15 is 0 Å². The van der Waals surface area contributed by atoms with Crippen LogP contribution in [-0.2, 0) is 4.74 Å². The van der Waals surface area contributed by atoms with Crippen LogP contribution in [0.25, 0.3) is 0 Å². The first-order valence-corrected chi connectivity index (χ1v) is 7.56. The molecule has 0 radical (unpaired) electrons. The number of ether oxygens (including phenoxy) is 2. The van der Waals surface area contributed by atoms with Crippen LogP contribution in [0.3, 0.4) is 0 Å². The second kappa shape index (κ2) is 5.63. The predicted molar refractivity (Wildman–Crippen MR) is 80.5 cm³/mol. The summed E-state index contributed by atoms with van der Waals surface area (Å²) in [6.07, 6.45) is 1.06. The van der Waals surface area contributed by atoms with Crippen molar-refractivity contribution < 1.29 is 23.0 Å². The largest absolute Gasteiger partial charge is 0.491 e. The molecule has 5 nitrogen and oxygen atoms in total. The van der Waals surface area contributed by atoms with Crippen LogP contribution in [0.15, 0.2) is 12.1 Å². The maximum Gasteiger partial charge on any atom is 0.319 e. The zero-order chi connectivity index (χ0) is 16.8. The molecule has 1 heterocycles. The average Bonchev–Trinajstić information content (AvgIpc) is 2.91. The van der Waals surface area contributed by atoms with Gasteiger partial charge in [-0.15, -0.1) is 0 Å². The Kier molecular flexibility index (Phi) is 3.91. The van der Waals surface area contributed by atoms with Crippen molar-refractivity contribution in [3.8, 4) is 5.75 Å². The van der Waals surface area contributed by atoms with Crippen LogP contribution < -0.4 is 15.4 Å². The van der Waals surface area contributed by atoms with Gasteiger partial charge in [-0.05, 0) is 6.42 Å². The van der Waals surface area contributed by atoms with Crippen LogP contribution in [0.5, 0.6) is 5.75 Å². The van der Waals surface area contributed by atoms with Gasteiger partial charge in [-0.3, -0.25) is 0 Å². The van der Waals surface area contributed by atoms with E-state index in [9.17, 15) is 13.6 Å². The molecule has 3 rings (SSSR count). The van der Waals surface area contributed by atoms with Crippen molar-refractivity contribution in [2.24, 2.45) is 11.3 Å². The lowest BCUT2D eigenvalue weighted by Gasteiger charge is -2.54. The predicted octanol–water partition coefficient (Wildman–Crippen LogP) is 2.91. The van der Waals surface area contributed by atoms with E-state index in [0.717, 1.165) is 18.6 Å². The number of hydrogen-bond donors (Lipinski definition) is 2. The molecule has 0 spiro atoms. The standard InChI is InChI=1S/C16H20F2N2O3/c1-16(2)13(9-4-5-23-14(9)16)20-15(21)19-8-6-10(17)12(22-3)11(18)7-8/h6-7,9,13-14H,4-5H2,1-3H3,(H2,19,20,21). The molecular formula is C16H20F2N2O3. The lowest BCUT2D eigenvalue weighted by atomic mass is 9.57. The molecule has 1 aliphatic carbocycles. The number of carbonyl (C=O) groups is 1. The third kappa shape index (κ3) is 2.63. The summed E-state index contributed by atoms with van der Waals surface area (Å²) in [7, 11) is 1.18. The average molecular weight is 326 g/mol. The van der Waals surface area contributed by atoms with E-state index in [2.05, 4.69) is 15.4 Å². The van der Waals surface area contributed by atoms with E-state index in [1.807, 2.05) is 13.8 Å². The molecule has 1 saturated carbocycles. The molecule has 2 aliphatic rings. The van der Waals surface area contributed by atoms with Crippen molar-refractivity contribution in [3.05, 3.63) is 23.8 Å². The molecule has 2 amide bonds. The fourth-order valence-electron chi connectivity index (χ4n) is 3.75. The number of anilines is 1. The van der Waals surface area contributed by atoms with E-state index in [4.69, 9.17) is 4.74 Å². The molecule has 1 aliphatic heterocycles. The Labute approximate surface area is 133 Å². The number of urea groups is 1. The van der Waals surface area contributed by atoms with Gasteiger partial charge >= 0.3 is 6.03 Å². The van der Waals surface area contributed by atoms with Gasteiger partial charge in [0.15, 0.2) is 17.4 Å². The highest BCUT2D eigenvalue weighted by Gasteiger charge is 2.59. The molecule has 3 unspecified atom stereocenters. The highest BCUT2D eigenvalue weighted by Crippen LogP contribution is 2.52. The van der Waals surface area contributed by atoms with Gasteiger partial charge in [0.05, 0.1) is 13.2 Å². The number of benzene rings is 1. The number of nitrogens with one attached hydrogen (secondary N) is 2. The first-order chi connectivity index (χ1) is 10.8. The van der Waals surface area contributed by atoms with Crippen molar-refractivity contribution in [1.29, 1.82) is 0 Å². The molecule has 0 bridgehead atoms. The Morgan fingerprint density at radius 3 is 2.61 bits per heavy atom. The van der Waals surface area contributed by atoms with Crippen LogP contribution in [0.2, 0.25) is 0 Å². The third-order valence-corrected chi connectivity index (χ3v) is 4.85. The SMILES string of the molecule is COc1c(F)cc(NC(=O)NC2C3CCOC3C2(C)C)cc1F. The Morgan fingerprint density at radius 2 is 2.00 bits per heavy atom. The molecule has 126 valence electrons. The maximum atomic E-state index is 13.6. The van der Waals surface area contributed by atoms with Gasteiger partial charge in [-0.1, -0.05) is 13.8 Å². The van der Waals surface area contributed by atoms with Crippen molar-refractivity contribution in [2.75, 3.05) is 19.0 Å². The first kappa shape index (κ1) is 16.0. The van der Waals surface area contributed by atoms with Crippen molar-refractivity contribution >= 4 is 11.7 Å². The number of fused-ring (bicyclic) bond motifs is 1. The summed E-state index contributed by atoms with van der Waals surface area (Å²) in [4.78, 5) is 12.1. The number of rotatable bonds is 3. The van der Waals surface area contributed by atoms with Crippen LogP contribution in [0.1, 0.15) is 20.3 Å². The number of amides is 2. The lowest BCUT2D eigenvalue weighted by molar-refractivity contribution is -0.107. The lowest BCUT2D eigenvalue weighted by Crippen LogP contribution is -2.67. The van der Waals surface area contributed by atoms with Gasteiger partial charge in [-0.2, -0.15) is 0 Å².